The molecule has 2 amide bonds. The molecule has 2 N–H and O–H groups in total. The zero-order valence-corrected chi connectivity index (χ0v) is 13.6. The minimum Gasteiger partial charge on any atom is -0.369 e. The number of amides is 2. The van der Waals surface area contributed by atoms with E-state index in [0.717, 1.165) is 29.8 Å². The van der Waals surface area contributed by atoms with Crippen molar-refractivity contribution < 1.29 is 9.59 Å². The molecule has 0 bridgehead atoms. The summed E-state index contributed by atoms with van der Waals surface area (Å²) in [6.07, 6.45) is 4.02. The Morgan fingerprint density at radius 3 is 2.45 bits per heavy atom. The average molecular weight is 303 g/mol. The van der Waals surface area contributed by atoms with Crippen LogP contribution in [0.15, 0.2) is 6.07 Å². The van der Waals surface area contributed by atoms with E-state index in [9.17, 15) is 9.59 Å². The van der Waals surface area contributed by atoms with Crippen LogP contribution in [0.25, 0.3) is 0 Å². The molecule has 1 saturated carbocycles. The number of hydrogen-bond acceptors (Lipinski definition) is 2. The Kier molecular flexibility index (Phi) is 3.75. The number of carbonyl (C=O) groups excluding carboxylic acids is 2. The van der Waals surface area contributed by atoms with Crippen LogP contribution in [-0.4, -0.2) is 33.9 Å². The van der Waals surface area contributed by atoms with Gasteiger partial charge in [0.1, 0.15) is 0 Å². The van der Waals surface area contributed by atoms with Crippen LogP contribution in [0.3, 0.4) is 0 Å². The summed E-state index contributed by atoms with van der Waals surface area (Å²) in [7, 11) is 0. The normalized spacial score (nSPS) is 25.3. The van der Waals surface area contributed by atoms with E-state index in [0.29, 0.717) is 12.6 Å². The smallest absolute Gasteiger partial charge is 0.255 e. The quantitative estimate of drug-likeness (QED) is 0.929. The third-order valence-corrected chi connectivity index (χ3v) is 5.17. The molecule has 1 aromatic heterocycles. The lowest BCUT2D eigenvalue weighted by Crippen LogP contribution is -2.48. The molecule has 2 heterocycles. The summed E-state index contributed by atoms with van der Waals surface area (Å²) in [6.45, 7) is 6.59. The lowest BCUT2D eigenvalue weighted by molar-refractivity contribution is -0.123. The second-order valence-electron chi connectivity index (χ2n) is 6.87. The molecule has 1 aliphatic heterocycles. The highest BCUT2D eigenvalue weighted by molar-refractivity contribution is 5.96. The monoisotopic (exact) mass is 303 g/mol. The van der Waals surface area contributed by atoms with E-state index < -0.39 is 0 Å². The molecule has 5 heteroatoms. The fraction of sp³-hybridized carbons (Fsp3) is 0.647. The van der Waals surface area contributed by atoms with Gasteiger partial charge in [-0.3, -0.25) is 9.59 Å². The van der Waals surface area contributed by atoms with Crippen molar-refractivity contribution in [3.05, 3.63) is 23.0 Å². The Labute approximate surface area is 131 Å². The van der Waals surface area contributed by atoms with E-state index in [1.807, 2.05) is 17.9 Å². The van der Waals surface area contributed by atoms with Gasteiger partial charge in [0, 0.05) is 30.0 Å². The second kappa shape index (κ2) is 5.45. The molecule has 1 aliphatic carbocycles. The topological polar surface area (TPSA) is 68.3 Å². The van der Waals surface area contributed by atoms with Crippen molar-refractivity contribution >= 4 is 11.8 Å². The molecule has 2 unspecified atom stereocenters. The number of aryl methyl sites for hydroxylation is 1. The maximum absolute atomic E-state index is 13.0. The molecule has 3 rings (SSSR count). The zero-order valence-electron chi connectivity index (χ0n) is 13.6. The number of carbonyl (C=O) groups is 2. The minimum atomic E-state index is -0.298. The average Bonchev–Trinajstić information content (AvgIpc) is 3.24. The van der Waals surface area contributed by atoms with Crippen LogP contribution in [-0.2, 0) is 4.79 Å². The van der Waals surface area contributed by atoms with E-state index in [4.69, 9.17) is 5.73 Å². The highest BCUT2D eigenvalue weighted by atomic mass is 16.2. The van der Waals surface area contributed by atoms with E-state index in [1.165, 1.54) is 12.8 Å². The SMILES string of the molecule is Cc1cc(C(=O)N2CC(C(N)=O)CCC2C)c(C)n1C1CC1. The van der Waals surface area contributed by atoms with E-state index in [-0.39, 0.29) is 23.8 Å². The van der Waals surface area contributed by atoms with Crippen LogP contribution in [0.2, 0.25) is 0 Å². The van der Waals surface area contributed by atoms with Crippen LogP contribution in [0.1, 0.15) is 60.4 Å². The molecule has 120 valence electrons. The predicted molar refractivity (Wildman–Crippen MR) is 84.6 cm³/mol. The Morgan fingerprint density at radius 2 is 1.86 bits per heavy atom. The highest BCUT2D eigenvalue weighted by Crippen LogP contribution is 2.38. The van der Waals surface area contributed by atoms with Crippen molar-refractivity contribution in [3.63, 3.8) is 0 Å². The van der Waals surface area contributed by atoms with Crippen LogP contribution < -0.4 is 5.73 Å². The van der Waals surface area contributed by atoms with Crippen LogP contribution in [0.4, 0.5) is 0 Å². The Hall–Kier alpha value is -1.78. The van der Waals surface area contributed by atoms with Crippen molar-refractivity contribution in [2.45, 2.75) is 58.5 Å². The number of likely N-dealkylation sites (tertiary alicyclic amines) is 1. The summed E-state index contributed by atoms with van der Waals surface area (Å²) in [6, 6.07) is 2.72. The minimum absolute atomic E-state index is 0.0402. The number of nitrogens with zero attached hydrogens (tertiary/aromatic N) is 2. The first-order chi connectivity index (χ1) is 10.4. The zero-order chi connectivity index (χ0) is 16.0. The first-order valence-electron chi connectivity index (χ1n) is 8.18. The molecular weight excluding hydrogens is 278 g/mol. The fourth-order valence-electron chi connectivity index (χ4n) is 3.67. The number of rotatable bonds is 3. The number of primary amides is 1. The van der Waals surface area contributed by atoms with Crippen molar-refractivity contribution in [1.29, 1.82) is 0 Å². The molecule has 5 nitrogen and oxygen atoms in total. The van der Waals surface area contributed by atoms with Crippen molar-refractivity contribution in [2.24, 2.45) is 11.7 Å². The van der Waals surface area contributed by atoms with Gasteiger partial charge < -0.3 is 15.2 Å². The molecule has 2 atom stereocenters. The van der Waals surface area contributed by atoms with E-state index in [1.54, 1.807) is 0 Å². The third-order valence-electron chi connectivity index (χ3n) is 5.17. The molecule has 22 heavy (non-hydrogen) atoms. The van der Waals surface area contributed by atoms with Crippen LogP contribution in [0, 0.1) is 19.8 Å². The van der Waals surface area contributed by atoms with E-state index in [2.05, 4.69) is 18.4 Å². The van der Waals surface area contributed by atoms with Gasteiger partial charge in [0.25, 0.3) is 5.91 Å². The molecule has 0 aromatic carbocycles. The summed E-state index contributed by atoms with van der Waals surface area (Å²) < 4.78 is 2.29. The van der Waals surface area contributed by atoms with Gasteiger partial charge >= 0.3 is 0 Å². The number of piperidine rings is 1. The molecule has 2 fully saturated rings. The molecule has 0 radical (unpaired) electrons. The summed E-state index contributed by atoms with van der Waals surface area (Å²) in [5, 5.41) is 0. The van der Waals surface area contributed by atoms with Gasteiger partial charge in [0.2, 0.25) is 5.91 Å². The summed E-state index contributed by atoms with van der Waals surface area (Å²) in [5.74, 6) is -0.473. The molecule has 2 aliphatic rings. The van der Waals surface area contributed by atoms with Gasteiger partial charge in [-0.05, 0) is 52.5 Å². The molecule has 1 saturated heterocycles. The van der Waals surface area contributed by atoms with Gasteiger partial charge in [-0.2, -0.15) is 0 Å². The standard InChI is InChI=1S/C17H25N3O2/c1-10-4-5-13(16(18)21)9-19(10)17(22)15-8-11(2)20(12(15)3)14-6-7-14/h8,10,13-14H,4-7,9H2,1-3H3,(H2,18,21). The molecule has 1 aromatic rings. The van der Waals surface area contributed by atoms with E-state index >= 15 is 0 Å². The summed E-state index contributed by atoms with van der Waals surface area (Å²) in [4.78, 5) is 26.3. The van der Waals surface area contributed by atoms with Gasteiger partial charge in [-0.25, -0.2) is 0 Å². The first-order valence-corrected chi connectivity index (χ1v) is 8.18. The maximum atomic E-state index is 13.0. The van der Waals surface area contributed by atoms with Gasteiger partial charge in [0.15, 0.2) is 0 Å². The Bertz CT molecular complexity index is 616. The van der Waals surface area contributed by atoms with Crippen molar-refractivity contribution in [1.82, 2.24) is 9.47 Å². The van der Waals surface area contributed by atoms with Crippen molar-refractivity contribution in [2.75, 3.05) is 6.54 Å². The lowest BCUT2D eigenvalue weighted by Gasteiger charge is -2.37. The fourth-order valence-corrected chi connectivity index (χ4v) is 3.67. The summed E-state index contributed by atoms with van der Waals surface area (Å²) >= 11 is 0. The van der Waals surface area contributed by atoms with Gasteiger partial charge in [-0.15, -0.1) is 0 Å². The second-order valence-corrected chi connectivity index (χ2v) is 6.87. The number of aromatic nitrogens is 1. The molecule has 0 spiro atoms. The third kappa shape index (κ3) is 2.53. The summed E-state index contributed by atoms with van der Waals surface area (Å²) in [5.41, 5.74) is 8.42. The first kappa shape index (κ1) is 15.1. The van der Waals surface area contributed by atoms with Crippen LogP contribution in [0.5, 0.6) is 0 Å². The van der Waals surface area contributed by atoms with Gasteiger partial charge in [0.05, 0.1) is 11.5 Å². The largest absolute Gasteiger partial charge is 0.369 e. The van der Waals surface area contributed by atoms with Crippen LogP contribution >= 0.6 is 0 Å². The molecular formula is C17H25N3O2. The predicted octanol–water partition coefficient (Wildman–Crippen LogP) is 2.17. The Balaban J connectivity index is 1.86. The Morgan fingerprint density at radius 1 is 1.18 bits per heavy atom. The number of nitrogens with two attached hydrogens (primary N) is 1. The lowest BCUT2D eigenvalue weighted by atomic mass is 9.92. The van der Waals surface area contributed by atoms with Gasteiger partial charge in [-0.1, -0.05) is 0 Å². The number of hydrogen-bond donors (Lipinski definition) is 1. The maximum Gasteiger partial charge on any atom is 0.255 e. The highest BCUT2D eigenvalue weighted by Gasteiger charge is 2.34. The van der Waals surface area contributed by atoms with Crippen molar-refractivity contribution in [3.8, 4) is 0 Å².